The van der Waals surface area contributed by atoms with E-state index in [2.05, 4.69) is 76.8 Å². The molecule has 136 heavy (non-hydrogen) atoms. The summed E-state index contributed by atoms with van der Waals surface area (Å²) in [5, 5.41) is 14.5. The number of rotatable bonds is 27. The van der Waals surface area contributed by atoms with Gasteiger partial charge in [0.2, 0.25) is 11.8 Å². The number of sulfonamides is 3. The molecule has 45 heteroatoms. The van der Waals surface area contributed by atoms with Crippen LogP contribution in [0.15, 0.2) is 280 Å². The van der Waals surface area contributed by atoms with Gasteiger partial charge in [-0.3, -0.25) is 42.5 Å². The summed E-state index contributed by atoms with van der Waals surface area (Å²) in [6.45, 7) is 11.6. The molecule has 0 spiro atoms. The zero-order valence-corrected chi connectivity index (χ0v) is 78.0. The topological polar surface area (TPSA) is 448 Å². The highest BCUT2D eigenvalue weighted by molar-refractivity contribution is 7.93. The summed E-state index contributed by atoms with van der Waals surface area (Å²) in [6.07, 6.45) is 5.67. The van der Waals surface area contributed by atoms with E-state index in [1.807, 2.05) is 58.2 Å². The first-order valence-corrected chi connectivity index (χ1v) is 49.2. The van der Waals surface area contributed by atoms with Gasteiger partial charge in [-0.05, 0) is 219 Å². The van der Waals surface area contributed by atoms with Crippen molar-refractivity contribution in [2.45, 2.75) is 64.9 Å². The van der Waals surface area contributed by atoms with E-state index in [0.29, 0.717) is 80.1 Å². The third-order valence-electron chi connectivity index (χ3n) is 21.3. The van der Waals surface area contributed by atoms with Crippen molar-refractivity contribution in [2.75, 3.05) is 138 Å². The molecule has 0 radical (unpaired) electrons. The minimum absolute atomic E-state index is 0. The van der Waals surface area contributed by atoms with E-state index in [-0.39, 0.29) is 96.9 Å². The Labute approximate surface area is 798 Å². The Balaban J connectivity index is 0.000000204. The predicted molar refractivity (Wildman–Crippen MR) is 514 cm³/mol. The van der Waals surface area contributed by atoms with Gasteiger partial charge in [-0.15, -0.1) is 35.8 Å². The summed E-state index contributed by atoms with van der Waals surface area (Å²) in [4.78, 5) is 87.8. The Morgan fingerprint density at radius 2 is 1.10 bits per heavy atom. The molecule has 5 N–H and O–H groups in total. The molecule has 718 valence electrons. The van der Waals surface area contributed by atoms with E-state index < -0.39 is 59.7 Å². The molecule has 9 heterocycles. The number of hydrogen-bond donors (Lipinski definition) is 4. The van der Waals surface area contributed by atoms with Crippen molar-refractivity contribution < 1.29 is 95.8 Å². The third kappa shape index (κ3) is 27.2. The number of ether oxygens (including phenoxy) is 5. The summed E-state index contributed by atoms with van der Waals surface area (Å²) < 4.78 is 169. The van der Waals surface area contributed by atoms with E-state index in [0.717, 1.165) is 78.6 Å². The number of aromatic nitrogens is 7. The van der Waals surface area contributed by atoms with Crippen LogP contribution in [-0.2, 0) is 66.9 Å². The van der Waals surface area contributed by atoms with Gasteiger partial charge in [0.05, 0.1) is 45.6 Å². The molecule has 0 aliphatic carbocycles. The first-order chi connectivity index (χ1) is 65.4. The van der Waals surface area contributed by atoms with Crippen LogP contribution in [0, 0.1) is 11.3 Å². The molecule has 4 saturated heterocycles. The number of nitrogen functional groups attached to an aromatic ring is 1. The van der Waals surface area contributed by atoms with Gasteiger partial charge in [-0.2, -0.15) is 5.26 Å². The molecule has 4 aliphatic heterocycles. The van der Waals surface area contributed by atoms with Crippen molar-refractivity contribution in [3.63, 3.8) is 0 Å². The van der Waals surface area contributed by atoms with Crippen LogP contribution >= 0.6 is 22.7 Å². The standard InChI is InChI=1S/C25H22N6O4S2.C23H22F3N5O5S.C22H25N5O3S.C18H19NO5S.C3H4N2S.4H2/c1-17(30-11-9-21-18(15-26)3-2-4-22(21)30)24(33)29-12-13-31(23(32)16-29)19-5-7-20(8-6-19)37(34,35)28-25-27-10-14-36-25;24-23(25,26)36-19-5-3-18(4-6-19)35-15-22(32)31-13-11-30(12-14-31)17-1-7-20(8-2-17)37(33,34)29-21-9-10-27-16-28-21;1-30-20-6-2-18(3-7-20)16-26-12-14-27(15-13-26)19-4-8-21(9-5-19)31(28,29)25-22-10-11-23-17-24-22;1-2-23-14-5-7-15(8-6-14)24-17-11-12-19(18(17)20)13-3-9-16(10-4-13)25(21)22;4-3-5-1-2-6-3;;;;/h2-11,14,17H,12-13,16H2,1H3,(H,27,28);1-10,16H,11-15H2,(H,27,28,29);2-11,17H,12-16H2,1H3,(H,23,24,25);3-10,17H,2,11-12H2,1H3,(H,21,22);1-2H,(H2,4,5);4*1H/p-1. The fraction of sp³-hybridized carbons (Fsp3) is 0.242. The number of nitrogens with one attached hydrogen (secondary N) is 3. The predicted octanol–water partition coefficient (Wildman–Crippen LogP) is 12.9. The molecule has 8 aromatic carbocycles. The van der Waals surface area contributed by atoms with E-state index >= 15 is 0 Å². The number of alkyl halides is 3. The number of nitrogens with zero attached hydrogens (tertiary/aromatic N) is 15. The zero-order chi connectivity index (χ0) is 96.5. The summed E-state index contributed by atoms with van der Waals surface area (Å²) in [6, 6.07) is 57.5. The smallest absolute Gasteiger partial charge is 0.573 e. The highest BCUT2D eigenvalue weighted by Crippen LogP contribution is 2.33. The highest BCUT2D eigenvalue weighted by atomic mass is 32.2. The number of amides is 4. The molecule has 3 atom stereocenters. The summed E-state index contributed by atoms with van der Waals surface area (Å²) in [5.41, 5.74) is 10.8. The highest BCUT2D eigenvalue weighted by Gasteiger charge is 2.36. The molecule has 4 fully saturated rings. The Morgan fingerprint density at radius 3 is 1.60 bits per heavy atom. The third-order valence-corrected chi connectivity index (χ3v) is 27.5. The molecule has 17 rings (SSSR count). The van der Waals surface area contributed by atoms with Crippen molar-refractivity contribution in [3.05, 3.63) is 272 Å². The maximum absolute atomic E-state index is 13.3. The number of nitrogens with two attached hydrogens (primary N) is 1. The molecule has 5 aromatic heterocycles. The summed E-state index contributed by atoms with van der Waals surface area (Å²) >= 11 is 0.347. The number of anilines is 8. The molecule has 3 unspecified atom stereocenters. The maximum Gasteiger partial charge on any atom is 0.573 e. The van der Waals surface area contributed by atoms with E-state index in [1.165, 1.54) is 125 Å². The van der Waals surface area contributed by atoms with Crippen molar-refractivity contribution in [2.24, 2.45) is 0 Å². The summed E-state index contributed by atoms with van der Waals surface area (Å²) in [7, 11) is -9.61. The van der Waals surface area contributed by atoms with Gasteiger partial charge < -0.3 is 67.9 Å². The van der Waals surface area contributed by atoms with Gasteiger partial charge in [-0.25, -0.2) is 55.2 Å². The first kappa shape index (κ1) is 99.1. The van der Waals surface area contributed by atoms with Gasteiger partial charge in [0, 0.05) is 165 Å². The van der Waals surface area contributed by atoms with Crippen LogP contribution in [0.1, 0.15) is 43.1 Å². The lowest BCUT2D eigenvalue weighted by Crippen LogP contribution is -2.53. The zero-order valence-electron chi connectivity index (χ0n) is 73.1. The molecule has 0 saturated carbocycles. The summed E-state index contributed by atoms with van der Waals surface area (Å²) in [5.74, 6) is 1.66. The van der Waals surface area contributed by atoms with Gasteiger partial charge in [-0.1, -0.05) is 18.2 Å². The van der Waals surface area contributed by atoms with Crippen LogP contribution in [0.25, 0.3) is 10.9 Å². The van der Waals surface area contributed by atoms with Gasteiger partial charge in [0.15, 0.2) is 23.0 Å². The van der Waals surface area contributed by atoms with Crippen LogP contribution < -0.4 is 63.2 Å². The number of piperazine rings is 3. The normalized spacial score (nSPS) is 15.1. The number of hydrogen-bond acceptors (Lipinski definition) is 30. The van der Waals surface area contributed by atoms with E-state index in [9.17, 15) is 71.6 Å². The fourth-order valence-corrected chi connectivity index (χ4v) is 19.0. The molecular formula is C91H99F3N19O17S6-. The number of thiazole rings is 2. The number of benzene rings is 8. The quantitative estimate of drug-likeness (QED) is 0.0347. The van der Waals surface area contributed by atoms with Gasteiger partial charge in [0.1, 0.15) is 65.6 Å². The van der Waals surface area contributed by atoms with Crippen LogP contribution in [-0.4, -0.2) is 218 Å². The van der Waals surface area contributed by atoms with Gasteiger partial charge >= 0.3 is 6.36 Å². The van der Waals surface area contributed by atoms with Crippen molar-refractivity contribution in [3.8, 4) is 34.8 Å². The number of methoxy groups -OCH3 is 1. The second-order valence-electron chi connectivity index (χ2n) is 30.1. The molecule has 4 amide bonds. The number of fused-ring (bicyclic) bond motifs is 1. The Morgan fingerprint density at radius 1 is 0.588 bits per heavy atom. The molecule has 13 aromatic rings. The van der Waals surface area contributed by atoms with E-state index in [1.54, 1.807) is 131 Å². The van der Waals surface area contributed by atoms with Crippen molar-refractivity contribution in [1.29, 1.82) is 5.26 Å². The van der Waals surface area contributed by atoms with E-state index in [4.69, 9.17) is 24.7 Å². The van der Waals surface area contributed by atoms with Crippen LogP contribution in [0.4, 0.5) is 57.8 Å². The average Bonchev–Trinajstić information content (AvgIpc) is 1.63. The Bertz CT molecular complexity index is 6610. The Kier molecular flexibility index (Phi) is 33.5. The SMILES string of the molecule is CC(C(=O)N1CCN(c2ccc(S(=O)(=O)Nc3nccs3)cc2)C(=O)C1)n1ccc2c(C#N)cccc21.CCOc1ccc(OC2CCN(c3ccc(S(=O)[O-])cc3)C2=O)cc1.COc1ccc(CN2CCN(c3ccc(S(=O)(=O)Nc4ccncn4)cc3)CC2)cc1.Nc1nccs1.O=C(COc1ccc(OC(F)(F)F)cc1)N1CCN(c2ccc(S(=O)(=O)Nc3ccncn3)cc2)CC1.[HH].[HH].[HH].[HH]. The van der Waals surface area contributed by atoms with Gasteiger partial charge in [0.25, 0.3) is 41.9 Å². The largest absolute Gasteiger partial charge is 0.768 e. The minimum Gasteiger partial charge on any atom is -0.768 e. The average molecular weight is 1980 g/mol. The molecule has 0 bridgehead atoms. The number of carbonyl (C=O) groups is 4. The lowest BCUT2D eigenvalue weighted by molar-refractivity contribution is -0.274. The first-order valence-electron chi connectivity index (χ1n) is 41.9. The second kappa shape index (κ2) is 46.0. The lowest BCUT2D eigenvalue weighted by Gasteiger charge is -2.36. The number of nitriles is 1. The van der Waals surface area contributed by atoms with Crippen molar-refractivity contribution in [1.82, 2.24) is 49.2 Å². The molecule has 4 aliphatic rings. The second-order valence-corrected chi connectivity index (χ2v) is 37.9. The minimum atomic E-state index is -4.78. The molecular weight excluding hydrogens is 1880 g/mol. The van der Waals surface area contributed by atoms with Crippen LogP contribution in [0.3, 0.4) is 0 Å². The monoisotopic (exact) mass is 1980 g/mol. The number of halogens is 3. The lowest BCUT2D eigenvalue weighted by atomic mass is 10.1. The van der Waals surface area contributed by atoms with Crippen molar-refractivity contribution >= 4 is 143 Å². The van der Waals surface area contributed by atoms with Crippen LogP contribution in [0.5, 0.6) is 28.7 Å². The fourth-order valence-electron chi connectivity index (χ4n) is 14.4. The number of carbonyl (C=O) groups excluding carboxylic acids is 4. The Hall–Kier alpha value is -14.4. The maximum atomic E-state index is 13.3. The van der Waals surface area contributed by atoms with Crippen LogP contribution in [0.2, 0.25) is 0 Å². The molecule has 36 nitrogen and oxygen atoms in total.